The first-order chi connectivity index (χ1) is 15.0. The van der Waals surface area contributed by atoms with Crippen molar-refractivity contribution in [2.75, 3.05) is 11.9 Å². The van der Waals surface area contributed by atoms with Gasteiger partial charge in [-0.3, -0.25) is 0 Å². The molecule has 162 valence electrons. The van der Waals surface area contributed by atoms with Crippen LogP contribution in [0, 0.1) is 12.8 Å². The molecule has 4 rings (SSSR count). The standard InChI is InChI=1S/C26H32AsN3O/c1-18-8-4-5-9-21(18)26(31)28-17-19-12-14-20(15-13-19)29-25-16-23(27(2)3)22-10-6-7-11-24(22)30-25/h4-11,16,19-20H,12-15,17H2,1-3H3,(H,28,31)(H,29,30)/t19-,20+. The summed E-state index contributed by atoms with van der Waals surface area (Å²) in [5.41, 5.74) is 7.67. The minimum absolute atomic E-state index is 0.0456. The van der Waals surface area contributed by atoms with Crippen LogP contribution in [0.15, 0.2) is 54.6 Å². The summed E-state index contributed by atoms with van der Waals surface area (Å²) in [6.45, 7) is 2.75. The monoisotopic (exact) mass is 477 g/mol. The third kappa shape index (κ3) is 5.30. The Hall–Kier alpha value is -2.32. The van der Waals surface area contributed by atoms with E-state index in [-0.39, 0.29) is 5.91 Å². The minimum atomic E-state index is -1.01. The van der Waals surface area contributed by atoms with Gasteiger partial charge in [0.1, 0.15) is 0 Å². The van der Waals surface area contributed by atoms with E-state index in [0.29, 0.717) is 12.0 Å². The first-order valence-electron chi connectivity index (χ1n) is 11.2. The van der Waals surface area contributed by atoms with E-state index in [9.17, 15) is 4.79 Å². The molecule has 31 heavy (non-hydrogen) atoms. The van der Waals surface area contributed by atoms with Crippen molar-refractivity contribution in [3.05, 3.63) is 65.7 Å². The summed E-state index contributed by atoms with van der Waals surface area (Å²) < 4.78 is 1.49. The molecule has 1 aliphatic rings. The molecule has 0 spiro atoms. The average molecular weight is 477 g/mol. The molecular formula is C26H32AsN3O. The van der Waals surface area contributed by atoms with Gasteiger partial charge in [-0.2, -0.15) is 0 Å². The van der Waals surface area contributed by atoms with Gasteiger partial charge in [0.15, 0.2) is 0 Å². The van der Waals surface area contributed by atoms with Crippen LogP contribution in [0.2, 0.25) is 11.4 Å². The van der Waals surface area contributed by atoms with Crippen LogP contribution in [-0.2, 0) is 0 Å². The molecule has 0 radical (unpaired) electrons. The summed E-state index contributed by atoms with van der Waals surface area (Å²) in [5, 5.41) is 8.17. The number of carbonyl (C=O) groups is 1. The Morgan fingerprint density at radius 1 is 1.03 bits per heavy atom. The van der Waals surface area contributed by atoms with E-state index < -0.39 is 14.7 Å². The van der Waals surface area contributed by atoms with Gasteiger partial charge in [-0.25, -0.2) is 0 Å². The third-order valence-electron chi connectivity index (χ3n) is 6.32. The Kier molecular flexibility index (Phi) is 6.97. The Balaban J connectivity index is 1.32. The van der Waals surface area contributed by atoms with E-state index >= 15 is 0 Å². The zero-order valence-corrected chi connectivity index (χ0v) is 20.6. The van der Waals surface area contributed by atoms with Crippen molar-refractivity contribution in [3.8, 4) is 0 Å². The predicted octanol–water partition coefficient (Wildman–Crippen LogP) is 4.91. The molecular weight excluding hydrogens is 445 g/mol. The molecule has 1 aromatic heterocycles. The van der Waals surface area contributed by atoms with Gasteiger partial charge >= 0.3 is 154 Å². The molecule has 1 amide bonds. The molecule has 5 heteroatoms. The van der Waals surface area contributed by atoms with Gasteiger partial charge in [0.05, 0.1) is 0 Å². The Morgan fingerprint density at radius 3 is 2.48 bits per heavy atom. The number of nitrogens with one attached hydrogen (secondary N) is 2. The Morgan fingerprint density at radius 2 is 1.74 bits per heavy atom. The topological polar surface area (TPSA) is 54.0 Å². The second-order valence-corrected chi connectivity index (χ2v) is 13.6. The molecule has 2 aromatic carbocycles. The number of fused-ring (bicyclic) bond motifs is 1. The van der Waals surface area contributed by atoms with Crippen LogP contribution >= 0.6 is 0 Å². The molecule has 2 N–H and O–H groups in total. The van der Waals surface area contributed by atoms with Crippen molar-refractivity contribution in [3.63, 3.8) is 0 Å². The summed E-state index contributed by atoms with van der Waals surface area (Å²) in [4.78, 5) is 17.4. The van der Waals surface area contributed by atoms with Crippen LogP contribution in [0.3, 0.4) is 0 Å². The maximum atomic E-state index is 12.5. The van der Waals surface area contributed by atoms with Crippen LogP contribution in [0.4, 0.5) is 5.82 Å². The number of hydrogen-bond acceptors (Lipinski definition) is 3. The molecule has 4 nitrogen and oxygen atoms in total. The van der Waals surface area contributed by atoms with E-state index in [1.165, 1.54) is 9.74 Å². The number of hydrogen-bond donors (Lipinski definition) is 2. The Bertz CT molecular complexity index is 1060. The number of rotatable bonds is 6. The van der Waals surface area contributed by atoms with Gasteiger partial charge in [-0.05, 0) is 18.6 Å². The van der Waals surface area contributed by atoms with Crippen LogP contribution in [0.1, 0.15) is 41.6 Å². The molecule has 1 saturated carbocycles. The van der Waals surface area contributed by atoms with Crippen molar-refractivity contribution in [2.24, 2.45) is 5.92 Å². The first kappa shape index (κ1) is 21.9. The van der Waals surface area contributed by atoms with E-state index in [2.05, 4.69) is 52.4 Å². The van der Waals surface area contributed by atoms with Crippen LogP contribution in [-0.4, -0.2) is 38.1 Å². The maximum absolute atomic E-state index is 12.5. The zero-order valence-electron chi connectivity index (χ0n) is 18.7. The van der Waals surface area contributed by atoms with E-state index in [4.69, 9.17) is 4.98 Å². The number of pyridine rings is 1. The van der Waals surface area contributed by atoms with Crippen LogP contribution in [0.5, 0.6) is 0 Å². The van der Waals surface area contributed by atoms with Gasteiger partial charge in [0.2, 0.25) is 0 Å². The number of amides is 1. The molecule has 1 fully saturated rings. The molecule has 0 aliphatic heterocycles. The van der Waals surface area contributed by atoms with Gasteiger partial charge in [0, 0.05) is 0 Å². The number of carbonyl (C=O) groups excluding carboxylic acids is 1. The van der Waals surface area contributed by atoms with Gasteiger partial charge in [-0.1, -0.05) is 18.2 Å². The second kappa shape index (κ2) is 9.87. The van der Waals surface area contributed by atoms with Crippen molar-refractivity contribution in [1.82, 2.24) is 10.3 Å². The summed E-state index contributed by atoms with van der Waals surface area (Å²) in [7, 11) is 0. The van der Waals surface area contributed by atoms with Crippen LogP contribution in [0.25, 0.3) is 10.9 Å². The number of anilines is 1. The van der Waals surface area contributed by atoms with Gasteiger partial charge < -0.3 is 0 Å². The van der Waals surface area contributed by atoms with E-state index in [1.807, 2.05) is 31.2 Å². The number of benzene rings is 2. The van der Waals surface area contributed by atoms with Gasteiger partial charge in [0.25, 0.3) is 0 Å². The second-order valence-electron chi connectivity index (χ2n) is 8.83. The molecule has 1 aliphatic carbocycles. The number of aryl methyl sites for hydroxylation is 1. The fourth-order valence-electron chi connectivity index (χ4n) is 4.48. The van der Waals surface area contributed by atoms with Gasteiger partial charge in [-0.15, -0.1) is 0 Å². The average Bonchev–Trinajstić information content (AvgIpc) is 2.78. The van der Waals surface area contributed by atoms with Crippen molar-refractivity contribution in [1.29, 1.82) is 0 Å². The number of aromatic nitrogens is 1. The summed E-state index contributed by atoms with van der Waals surface area (Å²) in [6, 6.07) is 19.0. The number of nitrogens with zero attached hydrogens (tertiary/aromatic N) is 1. The summed E-state index contributed by atoms with van der Waals surface area (Å²) >= 11 is -1.01. The zero-order chi connectivity index (χ0) is 21.8. The van der Waals surface area contributed by atoms with E-state index in [0.717, 1.165) is 54.7 Å². The summed E-state index contributed by atoms with van der Waals surface area (Å²) in [6.07, 6.45) is 4.50. The normalized spacial score (nSPS) is 18.8. The fraction of sp³-hybridized carbons (Fsp3) is 0.385. The first-order valence-corrected chi connectivity index (χ1v) is 15.9. The number of para-hydroxylation sites is 1. The molecule has 0 unspecified atom stereocenters. The van der Waals surface area contributed by atoms with Crippen molar-refractivity contribution in [2.45, 2.75) is 50.1 Å². The molecule has 1 heterocycles. The van der Waals surface area contributed by atoms with Crippen molar-refractivity contribution >= 4 is 41.6 Å². The quantitative estimate of drug-likeness (QED) is 0.497. The predicted molar refractivity (Wildman–Crippen MR) is 132 cm³/mol. The van der Waals surface area contributed by atoms with Crippen molar-refractivity contribution < 1.29 is 4.79 Å². The molecule has 3 aromatic rings. The molecule has 0 saturated heterocycles. The Labute approximate surface area is 190 Å². The van der Waals surface area contributed by atoms with Crippen LogP contribution < -0.4 is 15.0 Å². The van der Waals surface area contributed by atoms with E-state index in [1.54, 1.807) is 0 Å². The SMILES string of the molecule is Cc1ccccc1C(=O)NC[C@H]1CC[C@@H](Nc2cc([As](C)C)c3ccccc3n2)CC1. The molecule has 0 bridgehead atoms. The third-order valence-corrected chi connectivity index (χ3v) is 9.11. The molecule has 0 atom stereocenters. The fourth-order valence-corrected chi connectivity index (χ4v) is 6.69. The summed E-state index contributed by atoms with van der Waals surface area (Å²) in [5.74, 6) is 1.62.